The Bertz CT molecular complexity index is 839. The molecular weight excluding hydrogens is 352 g/mol. The van der Waals surface area contributed by atoms with Gasteiger partial charge < -0.3 is 16.0 Å². The summed E-state index contributed by atoms with van der Waals surface area (Å²) in [6.45, 7) is 1.06. The van der Waals surface area contributed by atoms with Crippen LogP contribution in [0.25, 0.3) is 0 Å². The second-order valence-electron chi connectivity index (χ2n) is 6.64. The second kappa shape index (κ2) is 8.16. The number of carbonyl (C=O) groups is 2. The molecule has 2 aromatic carbocycles. The number of anilines is 2. The van der Waals surface area contributed by atoms with Crippen LogP contribution in [-0.2, 0) is 9.59 Å². The van der Waals surface area contributed by atoms with Gasteiger partial charge in [-0.15, -0.1) is 0 Å². The van der Waals surface area contributed by atoms with E-state index in [-0.39, 0.29) is 29.9 Å². The molecule has 1 saturated carbocycles. The predicted molar refractivity (Wildman–Crippen MR) is 99.2 cm³/mol. The fourth-order valence-corrected chi connectivity index (χ4v) is 2.93. The van der Waals surface area contributed by atoms with E-state index in [2.05, 4.69) is 16.0 Å². The van der Waals surface area contributed by atoms with Crippen LogP contribution in [0.2, 0.25) is 0 Å². The van der Waals surface area contributed by atoms with E-state index < -0.39 is 17.5 Å². The molecule has 1 fully saturated rings. The Morgan fingerprint density at radius 2 is 1.74 bits per heavy atom. The molecule has 2 amide bonds. The topological polar surface area (TPSA) is 70.2 Å². The first-order chi connectivity index (χ1) is 12.9. The van der Waals surface area contributed by atoms with Crippen molar-refractivity contribution < 1.29 is 18.4 Å². The lowest BCUT2D eigenvalue weighted by atomic mass is 10.0. The lowest BCUT2D eigenvalue weighted by Gasteiger charge is -2.19. The fraction of sp³-hybridized carbons (Fsp3) is 0.300. The van der Waals surface area contributed by atoms with E-state index in [1.54, 1.807) is 0 Å². The third-order valence-corrected chi connectivity index (χ3v) is 4.38. The van der Waals surface area contributed by atoms with Crippen LogP contribution in [0.5, 0.6) is 0 Å². The maximum atomic E-state index is 13.9. The van der Waals surface area contributed by atoms with Crippen LogP contribution in [0.4, 0.5) is 20.2 Å². The predicted octanol–water partition coefficient (Wildman–Crippen LogP) is 3.60. The van der Waals surface area contributed by atoms with Crippen molar-refractivity contribution in [3.63, 3.8) is 0 Å². The summed E-state index contributed by atoms with van der Waals surface area (Å²) in [5, 5.41) is 7.92. The van der Waals surface area contributed by atoms with Gasteiger partial charge in [-0.3, -0.25) is 9.59 Å². The van der Waals surface area contributed by atoms with Crippen molar-refractivity contribution in [2.24, 2.45) is 5.92 Å². The first-order valence-electron chi connectivity index (χ1n) is 8.79. The van der Waals surface area contributed by atoms with Crippen molar-refractivity contribution in [1.29, 1.82) is 0 Å². The maximum Gasteiger partial charge on any atom is 0.239 e. The Hall–Kier alpha value is -2.96. The summed E-state index contributed by atoms with van der Waals surface area (Å²) in [7, 11) is 0. The third kappa shape index (κ3) is 5.03. The monoisotopic (exact) mass is 373 g/mol. The van der Waals surface area contributed by atoms with E-state index in [0.29, 0.717) is 12.0 Å². The van der Waals surface area contributed by atoms with E-state index in [9.17, 15) is 18.4 Å². The van der Waals surface area contributed by atoms with E-state index >= 15 is 0 Å². The van der Waals surface area contributed by atoms with Gasteiger partial charge >= 0.3 is 0 Å². The summed E-state index contributed by atoms with van der Waals surface area (Å²) < 4.78 is 27.6. The van der Waals surface area contributed by atoms with Crippen LogP contribution >= 0.6 is 0 Å². The highest BCUT2D eigenvalue weighted by Gasteiger charge is 2.33. The number of rotatable bonds is 7. The summed E-state index contributed by atoms with van der Waals surface area (Å²) in [4.78, 5) is 23.4. The van der Waals surface area contributed by atoms with Gasteiger partial charge in [-0.2, -0.15) is 0 Å². The van der Waals surface area contributed by atoms with Gasteiger partial charge in [0.25, 0.3) is 0 Å². The summed E-state index contributed by atoms with van der Waals surface area (Å²) in [6.07, 6.45) is 2.11. The second-order valence-corrected chi connectivity index (χ2v) is 6.64. The van der Waals surface area contributed by atoms with Crippen molar-refractivity contribution in [3.8, 4) is 0 Å². The minimum atomic E-state index is -0.879. The zero-order chi connectivity index (χ0) is 19.4. The number of hydrogen-bond acceptors (Lipinski definition) is 3. The molecule has 0 bridgehead atoms. The van der Waals surface area contributed by atoms with Crippen LogP contribution in [0, 0.1) is 17.6 Å². The van der Waals surface area contributed by atoms with Crippen molar-refractivity contribution in [2.45, 2.75) is 25.8 Å². The van der Waals surface area contributed by atoms with Gasteiger partial charge in [-0.25, -0.2) is 8.78 Å². The SMILES string of the molecule is CC(=O)Nc1cc(NCC(=O)NC(c2ccccc2)C2CC2)c(F)cc1F. The van der Waals surface area contributed by atoms with Crippen LogP contribution in [0.1, 0.15) is 31.4 Å². The van der Waals surface area contributed by atoms with Crippen LogP contribution in [0.15, 0.2) is 42.5 Å². The Morgan fingerprint density at radius 3 is 2.37 bits per heavy atom. The van der Waals surface area contributed by atoms with E-state index in [0.717, 1.165) is 24.5 Å². The van der Waals surface area contributed by atoms with Crippen molar-refractivity contribution >= 4 is 23.2 Å². The van der Waals surface area contributed by atoms with Gasteiger partial charge in [-0.1, -0.05) is 30.3 Å². The number of benzene rings is 2. The summed E-state index contributed by atoms with van der Waals surface area (Å²) in [5.41, 5.74) is 0.833. The molecule has 7 heteroatoms. The van der Waals surface area contributed by atoms with Crippen molar-refractivity contribution in [2.75, 3.05) is 17.2 Å². The van der Waals surface area contributed by atoms with E-state index in [1.165, 1.54) is 6.92 Å². The molecule has 1 atom stereocenters. The average Bonchev–Trinajstić information content (AvgIpc) is 3.46. The Balaban J connectivity index is 1.64. The largest absolute Gasteiger partial charge is 0.374 e. The Morgan fingerprint density at radius 1 is 1.07 bits per heavy atom. The highest BCUT2D eigenvalue weighted by Crippen LogP contribution is 2.40. The normalized spacial score (nSPS) is 14.3. The molecule has 3 rings (SSSR count). The van der Waals surface area contributed by atoms with Gasteiger partial charge in [0.2, 0.25) is 11.8 Å². The highest BCUT2D eigenvalue weighted by atomic mass is 19.1. The Kier molecular flexibility index (Phi) is 5.69. The van der Waals surface area contributed by atoms with Crippen LogP contribution < -0.4 is 16.0 Å². The third-order valence-electron chi connectivity index (χ3n) is 4.38. The molecular formula is C20H21F2N3O2. The highest BCUT2D eigenvalue weighted by molar-refractivity contribution is 5.89. The van der Waals surface area contributed by atoms with Crippen molar-refractivity contribution in [3.05, 3.63) is 59.7 Å². The molecule has 0 spiro atoms. The van der Waals surface area contributed by atoms with Crippen molar-refractivity contribution in [1.82, 2.24) is 5.32 Å². The zero-order valence-corrected chi connectivity index (χ0v) is 14.9. The van der Waals surface area contributed by atoms with Gasteiger partial charge in [0.05, 0.1) is 24.0 Å². The molecule has 1 unspecified atom stereocenters. The van der Waals surface area contributed by atoms with Gasteiger partial charge in [0.15, 0.2) is 0 Å². The number of carbonyl (C=O) groups excluding carboxylic acids is 2. The molecule has 1 aliphatic carbocycles. The molecule has 27 heavy (non-hydrogen) atoms. The average molecular weight is 373 g/mol. The lowest BCUT2D eigenvalue weighted by Crippen LogP contribution is -2.34. The number of nitrogens with one attached hydrogen (secondary N) is 3. The lowest BCUT2D eigenvalue weighted by molar-refractivity contribution is -0.120. The smallest absolute Gasteiger partial charge is 0.239 e. The standard InChI is InChI=1S/C20H21F2N3O2/c1-12(26)24-18-10-17(15(21)9-16(18)22)23-11-19(27)25-20(14-7-8-14)13-5-3-2-4-6-13/h2-6,9-10,14,20,23H,7-8,11H2,1H3,(H,24,26)(H,25,27). The molecule has 0 saturated heterocycles. The molecule has 0 aliphatic heterocycles. The fourth-order valence-electron chi connectivity index (χ4n) is 2.93. The minimum Gasteiger partial charge on any atom is -0.374 e. The molecule has 0 radical (unpaired) electrons. The molecule has 142 valence electrons. The maximum absolute atomic E-state index is 13.9. The van der Waals surface area contributed by atoms with E-state index in [1.807, 2.05) is 30.3 Å². The molecule has 0 aromatic heterocycles. The summed E-state index contributed by atoms with van der Waals surface area (Å²) in [5.74, 6) is -2.07. The molecule has 2 aromatic rings. The Labute approximate surface area is 156 Å². The van der Waals surface area contributed by atoms with E-state index in [4.69, 9.17) is 0 Å². The molecule has 5 nitrogen and oxygen atoms in total. The molecule has 0 heterocycles. The first-order valence-corrected chi connectivity index (χ1v) is 8.79. The molecule has 1 aliphatic rings. The van der Waals surface area contributed by atoms with Gasteiger partial charge in [-0.05, 0) is 30.4 Å². The summed E-state index contributed by atoms with van der Waals surface area (Å²) >= 11 is 0. The summed E-state index contributed by atoms with van der Waals surface area (Å²) in [6, 6.07) is 11.4. The zero-order valence-electron chi connectivity index (χ0n) is 14.9. The minimum absolute atomic E-state index is 0.0574. The molecule has 3 N–H and O–H groups in total. The number of halogens is 2. The van der Waals surface area contributed by atoms with Gasteiger partial charge in [0, 0.05) is 13.0 Å². The van der Waals surface area contributed by atoms with Crippen LogP contribution in [0.3, 0.4) is 0 Å². The van der Waals surface area contributed by atoms with Gasteiger partial charge in [0.1, 0.15) is 11.6 Å². The quantitative estimate of drug-likeness (QED) is 0.695. The first kappa shape index (κ1) is 18.8. The number of hydrogen-bond donors (Lipinski definition) is 3. The number of amides is 2. The van der Waals surface area contributed by atoms with Crippen LogP contribution in [-0.4, -0.2) is 18.4 Å².